The Kier molecular flexibility index (Phi) is 6.38. The molecule has 2 aromatic rings. The molecule has 0 aromatic heterocycles. The van der Waals surface area contributed by atoms with Gasteiger partial charge in [-0.3, -0.25) is 4.79 Å². The van der Waals surface area contributed by atoms with E-state index in [9.17, 15) is 4.79 Å². The minimum absolute atomic E-state index is 0.0379. The zero-order valence-corrected chi connectivity index (χ0v) is 14.6. The molecule has 2 rings (SSSR count). The van der Waals surface area contributed by atoms with Crippen LogP contribution in [0.1, 0.15) is 43.9 Å². The second-order valence-electron chi connectivity index (χ2n) is 6.03. The van der Waals surface area contributed by atoms with Crippen molar-refractivity contribution in [3.05, 3.63) is 59.7 Å². The van der Waals surface area contributed by atoms with E-state index in [1.807, 2.05) is 69.3 Å². The smallest absolute Gasteiger partial charge is 0.241 e. The minimum Gasteiger partial charge on any atom is -0.486 e. The lowest BCUT2D eigenvalue weighted by Gasteiger charge is -2.17. The Balaban J connectivity index is 2.03. The zero-order chi connectivity index (χ0) is 17.5. The Morgan fingerprint density at radius 2 is 1.92 bits per heavy atom. The normalized spacial score (nSPS) is 13.2. The molecule has 0 saturated carbocycles. The summed E-state index contributed by atoms with van der Waals surface area (Å²) in [5.74, 6) is 0.631. The summed E-state index contributed by atoms with van der Waals surface area (Å²) in [7, 11) is 0. The lowest BCUT2D eigenvalue weighted by Crippen LogP contribution is -2.35. The molecule has 1 amide bonds. The number of ether oxygens (including phenoxy) is 1. The molecule has 0 aliphatic carbocycles. The molecular weight excluding hydrogens is 300 g/mol. The lowest BCUT2D eigenvalue weighted by atomic mass is 10.1. The summed E-state index contributed by atoms with van der Waals surface area (Å²) in [6.45, 7) is 5.98. The van der Waals surface area contributed by atoms with E-state index in [0.29, 0.717) is 6.42 Å². The maximum atomic E-state index is 12.0. The Morgan fingerprint density at radius 3 is 2.54 bits per heavy atom. The highest BCUT2D eigenvalue weighted by Gasteiger charge is 2.14. The van der Waals surface area contributed by atoms with Crippen LogP contribution in [0.2, 0.25) is 0 Å². The number of carbonyl (C=O) groups is 1. The number of nitrogens with two attached hydrogens (primary N) is 1. The summed E-state index contributed by atoms with van der Waals surface area (Å²) in [5.41, 5.74) is 8.69. The Labute approximate surface area is 144 Å². The van der Waals surface area contributed by atoms with Gasteiger partial charge < -0.3 is 15.8 Å². The van der Waals surface area contributed by atoms with Crippen LogP contribution in [0, 0.1) is 6.92 Å². The van der Waals surface area contributed by atoms with Gasteiger partial charge in [0.25, 0.3) is 0 Å². The molecule has 0 bridgehead atoms. The number of carbonyl (C=O) groups excluding carboxylic acids is 1. The third-order valence-electron chi connectivity index (χ3n) is 3.97. The molecule has 0 fully saturated rings. The van der Waals surface area contributed by atoms with Crippen molar-refractivity contribution in [3.8, 4) is 5.75 Å². The maximum absolute atomic E-state index is 12.0. The van der Waals surface area contributed by atoms with Gasteiger partial charge in [-0.15, -0.1) is 0 Å². The number of aryl methyl sites for hydroxylation is 1. The number of amides is 1. The molecule has 2 atom stereocenters. The van der Waals surface area contributed by atoms with E-state index >= 15 is 0 Å². The Morgan fingerprint density at radius 1 is 1.21 bits per heavy atom. The Bertz CT molecular complexity index is 671. The first-order valence-corrected chi connectivity index (χ1v) is 8.40. The number of rotatable bonds is 7. The van der Waals surface area contributed by atoms with Gasteiger partial charge in [0.1, 0.15) is 11.9 Å². The van der Waals surface area contributed by atoms with Gasteiger partial charge in [0.2, 0.25) is 5.91 Å². The van der Waals surface area contributed by atoms with Crippen LogP contribution in [0.25, 0.3) is 0 Å². The topological polar surface area (TPSA) is 64.4 Å². The highest BCUT2D eigenvalue weighted by atomic mass is 16.5. The van der Waals surface area contributed by atoms with Crippen molar-refractivity contribution < 1.29 is 9.53 Å². The van der Waals surface area contributed by atoms with Crippen molar-refractivity contribution in [1.29, 1.82) is 0 Å². The largest absolute Gasteiger partial charge is 0.486 e. The van der Waals surface area contributed by atoms with Gasteiger partial charge >= 0.3 is 0 Å². The fourth-order valence-corrected chi connectivity index (χ4v) is 2.51. The summed E-state index contributed by atoms with van der Waals surface area (Å²) in [4.78, 5) is 12.0. The predicted molar refractivity (Wildman–Crippen MR) is 98.2 cm³/mol. The molecule has 0 aliphatic heterocycles. The molecule has 2 aromatic carbocycles. The van der Waals surface area contributed by atoms with Crippen molar-refractivity contribution >= 4 is 11.6 Å². The highest BCUT2D eigenvalue weighted by Crippen LogP contribution is 2.26. The highest BCUT2D eigenvalue weighted by molar-refractivity contribution is 5.95. The van der Waals surface area contributed by atoms with Gasteiger partial charge in [0, 0.05) is 5.69 Å². The van der Waals surface area contributed by atoms with Crippen LogP contribution in [0.5, 0.6) is 5.75 Å². The molecule has 3 N–H and O–H groups in total. The molecule has 0 aliphatic rings. The first-order valence-electron chi connectivity index (χ1n) is 8.40. The van der Waals surface area contributed by atoms with Crippen molar-refractivity contribution in [3.63, 3.8) is 0 Å². The van der Waals surface area contributed by atoms with Gasteiger partial charge in [0.05, 0.1) is 6.04 Å². The van der Waals surface area contributed by atoms with Crippen LogP contribution < -0.4 is 15.8 Å². The number of benzene rings is 2. The summed E-state index contributed by atoms with van der Waals surface area (Å²) in [5, 5.41) is 2.89. The molecule has 0 radical (unpaired) electrons. The lowest BCUT2D eigenvalue weighted by molar-refractivity contribution is -0.117. The monoisotopic (exact) mass is 326 g/mol. The third-order valence-corrected chi connectivity index (χ3v) is 3.97. The number of nitrogens with one attached hydrogen (secondary N) is 1. The predicted octanol–water partition coefficient (Wildman–Crippen LogP) is 4.20. The molecule has 4 nitrogen and oxygen atoms in total. The average Bonchev–Trinajstić information content (AvgIpc) is 2.58. The maximum Gasteiger partial charge on any atom is 0.241 e. The fraction of sp³-hybridized carbons (Fsp3) is 0.350. The molecule has 4 heteroatoms. The van der Waals surface area contributed by atoms with Crippen molar-refractivity contribution in [2.45, 2.75) is 45.8 Å². The molecule has 0 heterocycles. The SMILES string of the molecule is CCCC(N)C(=O)Nc1ccc(OC(C)c2ccccc2)cc1C. The van der Waals surface area contributed by atoms with Gasteiger partial charge in [-0.1, -0.05) is 43.7 Å². The first kappa shape index (κ1) is 18.0. The van der Waals surface area contributed by atoms with E-state index in [0.717, 1.165) is 29.0 Å². The molecular formula is C20H26N2O2. The standard InChI is InChI=1S/C20H26N2O2/c1-4-8-18(21)20(23)22-19-12-11-17(13-14(19)2)24-15(3)16-9-6-5-7-10-16/h5-7,9-13,15,18H,4,8,21H2,1-3H3,(H,22,23). The number of hydrogen-bond acceptors (Lipinski definition) is 3. The molecule has 24 heavy (non-hydrogen) atoms. The van der Waals surface area contributed by atoms with Crippen molar-refractivity contribution in [1.82, 2.24) is 0 Å². The second kappa shape index (κ2) is 8.50. The number of anilines is 1. The van der Waals surface area contributed by atoms with E-state index in [-0.39, 0.29) is 12.0 Å². The van der Waals surface area contributed by atoms with E-state index < -0.39 is 6.04 Å². The van der Waals surface area contributed by atoms with Gasteiger partial charge in [0.15, 0.2) is 0 Å². The number of hydrogen-bond donors (Lipinski definition) is 2. The van der Waals surface area contributed by atoms with Crippen LogP contribution >= 0.6 is 0 Å². The molecule has 0 spiro atoms. The summed E-state index contributed by atoms with van der Waals surface area (Å²) in [6.07, 6.45) is 1.53. The van der Waals surface area contributed by atoms with Crippen molar-refractivity contribution in [2.75, 3.05) is 5.32 Å². The van der Waals surface area contributed by atoms with Gasteiger partial charge in [-0.2, -0.15) is 0 Å². The molecule has 2 unspecified atom stereocenters. The van der Waals surface area contributed by atoms with Crippen LogP contribution in [-0.2, 0) is 4.79 Å². The zero-order valence-electron chi connectivity index (χ0n) is 14.6. The third kappa shape index (κ3) is 4.83. The summed E-state index contributed by atoms with van der Waals surface area (Å²) >= 11 is 0. The van der Waals surface area contributed by atoms with E-state index in [2.05, 4.69) is 5.32 Å². The second-order valence-corrected chi connectivity index (χ2v) is 6.03. The summed E-state index contributed by atoms with van der Waals surface area (Å²) in [6, 6.07) is 15.3. The quantitative estimate of drug-likeness (QED) is 0.801. The van der Waals surface area contributed by atoms with Crippen LogP contribution in [0.4, 0.5) is 5.69 Å². The first-order chi connectivity index (χ1) is 11.5. The Hall–Kier alpha value is -2.33. The van der Waals surface area contributed by atoms with Gasteiger partial charge in [-0.25, -0.2) is 0 Å². The van der Waals surface area contributed by atoms with Crippen molar-refractivity contribution in [2.24, 2.45) is 5.73 Å². The van der Waals surface area contributed by atoms with E-state index in [1.54, 1.807) is 0 Å². The molecule has 0 saturated heterocycles. The van der Waals surface area contributed by atoms with Crippen LogP contribution in [-0.4, -0.2) is 11.9 Å². The van der Waals surface area contributed by atoms with Crippen LogP contribution in [0.15, 0.2) is 48.5 Å². The van der Waals surface area contributed by atoms with Gasteiger partial charge in [-0.05, 0) is 49.6 Å². The van der Waals surface area contributed by atoms with E-state index in [4.69, 9.17) is 10.5 Å². The average molecular weight is 326 g/mol. The van der Waals surface area contributed by atoms with Crippen LogP contribution in [0.3, 0.4) is 0 Å². The fourth-order valence-electron chi connectivity index (χ4n) is 2.51. The minimum atomic E-state index is -0.469. The van der Waals surface area contributed by atoms with E-state index in [1.165, 1.54) is 0 Å². The molecule has 128 valence electrons. The summed E-state index contributed by atoms with van der Waals surface area (Å²) < 4.78 is 5.99.